The van der Waals surface area contributed by atoms with Crippen LogP contribution in [0.25, 0.3) is 0 Å². The second kappa shape index (κ2) is 9.96. The molecule has 2 atom stereocenters. The fourth-order valence-electron chi connectivity index (χ4n) is 3.68. The minimum Gasteiger partial charge on any atom is -0.493 e. The number of morpholine rings is 1. The summed E-state index contributed by atoms with van der Waals surface area (Å²) in [4.78, 5) is 14.9. The van der Waals surface area contributed by atoms with E-state index in [0.717, 1.165) is 11.1 Å². The Hall–Kier alpha value is -2.28. The summed E-state index contributed by atoms with van der Waals surface area (Å²) < 4.78 is 16.5. The number of nitrogens with zero attached hydrogens (tertiary/aromatic N) is 1. The largest absolute Gasteiger partial charge is 0.493 e. The van der Waals surface area contributed by atoms with E-state index in [0.29, 0.717) is 42.5 Å². The topological polar surface area (TPSA) is 68.2 Å². The zero-order chi connectivity index (χ0) is 20.8. The molecule has 3 rings (SSSR count). The van der Waals surface area contributed by atoms with Crippen molar-refractivity contribution in [3.63, 3.8) is 0 Å². The number of aryl methyl sites for hydroxylation is 1. The number of hydrogen-bond donors (Lipinski definition) is 1. The fraction of sp³-hybridized carbons (Fsp3) is 0.409. The van der Waals surface area contributed by atoms with E-state index in [2.05, 4.69) is 0 Å². The molecule has 29 heavy (non-hydrogen) atoms. The first-order valence-corrected chi connectivity index (χ1v) is 9.93. The van der Waals surface area contributed by atoms with Crippen LogP contribution in [0.2, 0.25) is 5.02 Å². The molecule has 7 heteroatoms. The Morgan fingerprint density at radius 1 is 1.21 bits per heavy atom. The predicted octanol–water partition coefficient (Wildman–Crippen LogP) is 3.25. The van der Waals surface area contributed by atoms with Crippen molar-refractivity contribution in [3.8, 4) is 11.5 Å². The van der Waals surface area contributed by atoms with Crippen molar-refractivity contribution >= 4 is 17.5 Å². The Bertz CT molecular complexity index is 844. The molecule has 1 amide bonds. The maximum atomic E-state index is 13.1. The first-order chi connectivity index (χ1) is 14.1. The van der Waals surface area contributed by atoms with Gasteiger partial charge in [-0.2, -0.15) is 0 Å². The summed E-state index contributed by atoms with van der Waals surface area (Å²) in [6, 6.07) is 12.6. The van der Waals surface area contributed by atoms with E-state index in [-0.39, 0.29) is 12.5 Å². The maximum Gasteiger partial charge on any atom is 0.223 e. The third kappa shape index (κ3) is 5.01. The number of ether oxygens (including phenoxy) is 3. The number of benzene rings is 2. The van der Waals surface area contributed by atoms with E-state index in [9.17, 15) is 9.90 Å². The van der Waals surface area contributed by atoms with Gasteiger partial charge in [-0.05, 0) is 41.8 Å². The van der Waals surface area contributed by atoms with Crippen LogP contribution in [0.5, 0.6) is 11.5 Å². The number of carbonyl (C=O) groups excluding carboxylic acids is 1. The predicted molar refractivity (Wildman–Crippen MR) is 111 cm³/mol. The lowest BCUT2D eigenvalue weighted by molar-refractivity contribution is -0.149. The highest BCUT2D eigenvalue weighted by atomic mass is 35.5. The molecule has 1 saturated heterocycles. The van der Waals surface area contributed by atoms with Crippen LogP contribution in [0, 0.1) is 0 Å². The van der Waals surface area contributed by atoms with E-state index < -0.39 is 12.1 Å². The van der Waals surface area contributed by atoms with E-state index in [1.807, 2.05) is 36.4 Å². The third-order valence-corrected chi connectivity index (χ3v) is 5.35. The van der Waals surface area contributed by atoms with E-state index in [4.69, 9.17) is 25.8 Å². The van der Waals surface area contributed by atoms with Crippen molar-refractivity contribution in [1.82, 2.24) is 4.90 Å². The number of aliphatic hydroxyl groups is 1. The summed E-state index contributed by atoms with van der Waals surface area (Å²) in [5, 5.41) is 10.5. The van der Waals surface area contributed by atoms with Crippen molar-refractivity contribution in [2.24, 2.45) is 0 Å². The van der Waals surface area contributed by atoms with Gasteiger partial charge >= 0.3 is 0 Å². The van der Waals surface area contributed by atoms with Gasteiger partial charge in [0.25, 0.3) is 0 Å². The normalized spacial score (nSPS) is 19.1. The molecular formula is C22H26ClNO5. The highest BCUT2D eigenvalue weighted by Crippen LogP contribution is 2.36. The highest BCUT2D eigenvalue weighted by molar-refractivity contribution is 6.30. The summed E-state index contributed by atoms with van der Waals surface area (Å²) in [7, 11) is 3.14. The molecular weight excluding hydrogens is 394 g/mol. The van der Waals surface area contributed by atoms with Crippen molar-refractivity contribution < 1.29 is 24.1 Å². The first kappa shape index (κ1) is 21.4. The summed E-state index contributed by atoms with van der Waals surface area (Å²) in [6.45, 7) is 0.666. The van der Waals surface area contributed by atoms with Gasteiger partial charge in [-0.25, -0.2) is 0 Å². The van der Waals surface area contributed by atoms with E-state index in [1.165, 1.54) is 0 Å². The number of methoxy groups -OCH3 is 2. The Kier molecular flexibility index (Phi) is 7.36. The van der Waals surface area contributed by atoms with Crippen molar-refractivity contribution in [3.05, 3.63) is 58.6 Å². The molecule has 1 aliphatic heterocycles. The molecule has 0 unspecified atom stereocenters. The Balaban J connectivity index is 1.82. The van der Waals surface area contributed by atoms with Crippen molar-refractivity contribution in [2.45, 2.75) is 25.0 Å². The second-order valence-electron chi connectivity index (χ2n) is 6.87. The molecule has 1 aliphatic rings. The lowest BCUT2D eigenvalue weighted by Gasteiger charge is -2.41. The van der Waals surface area contributed by atoms with Gasteiger partial charge in [-0.1, -0.05) is 29.8 Å². The van der Waals surface area contributed by atoms with Crippen LogP contribution < -0.4 is 9.47 Å². The second-order valence-corrected chi connectivity index (χ2v) is 7.30. The Labute approximate surface area is 175 Å². The van der Waals surface area contributed by atoms with Gasteiger partial charge < -0.3 is 24.2 Å². The average Bonchev–Trinajstić information content (AvgIpc) is 2.76. The van der Waals surface area contributed by atoms with Crippen LogP contribution in [-0.4, -0.2) is 56.0 Å². The number of aliphatic hydroxyl groups excluding tert-OH is 1. The van der Waals surface area contributed by atoms with Crippen LogP contribution in [0.1, 0.15) is 23.6 Å². The minimum atomic E-state index is -0.503. The van der Waals surface area contributed by atoms with Crippen molar-refractivity contribution in [2.75, 3.05) is 34.0 Å². The van der Waals surface area contributed by atoms with Crippen LogP contribution in [-0.2, 0) is 16.0 Å². The molecule has 0 radical (unpaired) electrons. The molecule has 2 aromatic carbocycles. The van der Waals surface area contributed by atoms with Gasteiger partial charge in [0.1, 0.15) is 6.10 Å². The van der Waals surface area contributed by atoms with Gasteiger partial charge in [0, 0.05) is 18.0 Å². The molecule has 1 fully saturated rings. The zero-order valence-electron chi connectivity index (χ0n) is 16.6. The molecule has 0 spiro atoms. The van der Waals surface area contributed by atoms with Crippen molar-refractivity contribution in [1.29, 1.82) is 0 Å². The van der Waals surface area contributed by atoms with Crippen LogP contribution in [0.4, 0.5) is 0 Å². The molecule has 6 nitrogen and oxygen atoms in total. The molecule has 0 aliphatic carbocycles. The Morgan fingerprint density at radius 2 is 2.00 bits per heavy atom. The maximum absolute atomic E-state index is 13.1. The summed E-state index contributed by atoms with van der Waals surface area (Å²) in [5.74, 6) is 1.18. The standard InChI is InChI=1S/C22H26ClNO5/c1-27-18-8-7-16(13-19(18)28-2)22-20(14-25)29-11-10-24(22)21(26)9-6-15-4-3-5-17(23)12-15/h3-5,7-8,12-13,20,22,25H,6,9-11,14H2,1-2H3/t20-,22-/m1/s1. The van der Waals surface area contributed by atoms with Gasteiger partial charge in [-0.3, -0.25) is 4.79 Å². The number of hydrogen-bond acceptors (Lipinski definition) is 5. The molecule has 0 aromatic heterocycles. The molecule has 2 aromatic rings. The van der Waals surface area contributed by atoms with Gasteiger partial charge in [0.2, 0.25) is 5.91 Å². The average molecular weight is 420 g/mol. The minimum absolute atomic E-state index is 0.00603. The van der Waals surface area contributed by atoms with Gasteiger partial charge in [-0.15, -0.1) is 0 Å². The van der Waals surface area contributed by atoms with Crippen LogP contribution in [0.3, 0.4) is 0 Å². The van der Waals surface area contributed by atoms with Crippen LogP contribution in [0.15, 0.2) is 42.5 Å². The third-order valence-electron chi connectivity index (χ3n) is 5.12. The quantitative estimate of drug-likeness (QED) is 0.746. The zero-order valence-corrected chi connectivity index (χ0v) is 17.4. The van der Waals surface area contributed by atoms with Gasteiger partial charge in [0.05, 0.1) is 33.5 Å². The smallest absolute Gasteiger partial charge is 0.223 e. The fourth-order valence-corrected chi connectivity index (χ4v) is 3.90. The highest BCUT2D eigenvalue weighted by Gasteiger charge is 2.36. The monoisotopic (exact) mass is 419 g/mol. The molecule has 1 N–H and O–H groups in total. The Morgan fingerprint density at radius 3 is 2.69 bits per heavy atom. The number of rotatable bonds is 7. The summed E-state index contributed by atoms with van der Waals surface area (Å²) in [5.41, 5.74) is 1.85. The molecule has 0 bridgehead atoms. The molecule has 156 valence electrons. The number of carbonyl (C=O) groups is 1. The SMILES string of the molecule is COc1ccc([C@@H]2[C@@H](CO)OCCN2C(=O)CCc2cccc(Cl)c2)cc1OC. The summed E-state index contributed by atoms with van der Waals surface area (Å²) in [6.07, 6.45) is 0.443. The van der Waals surface area contributed by atoms with E-state index >= 15 is 0 Å². The molecule has 1 heterocycles. The van der Waals surface area contributed by atoms with E-state index in [1.54, 1.807) is 25.2 Å². The first-order valence-electron chi connectivity index (χ1n) is 9.55. The number of amides is 1. The van der Waals surface area contributed by atoms with Gasteiger partial charge in [0.15, 0.2) is 11.5 Å². The lowest BCUT2D eigenvalue weighted by Crippen LogP contribution is -2.49. The number of halogens is 1. The molecule has 0 saturated carbocycles. The van der Waals surface area contributed by atoms with Crippen LogP contribution >= 0.6 is 11.6 Å². The summed E-state index contributed by atoms with van der Waals surface area (Å²) >= 11 is 6.04. The lowest BCUT2D eigenvalue weighted by atomic mass is 9.97.